The van der Waals surface area contributed by atoms with E-state index in [0.29, 0.717) is 18.0 Å². The van der Waals surface area contributed by atoms with E-state index in [9.17, 15) is 14.0 Å². The largest absolute Gasteiger partial charge is 0.497 e. The molecule has 3 aromatic rings. The van der Waals surface area contributed by atoms with E-state index in [-0.39, 0.29) is 30.5 Å². The van der Waals surface area contributed by atoms with Crippen molar-refractivity contribution in [2.24, 2.45) is 5.92 Å². The van der Waals surface area contributed by atoms with Gasteiger partial charge in [0.05, 0.1) is 25.7 Å². The summed E-state index contributed by atoms with van der Waals surface area (Å²) in [7, 11) is 3.13. The molecule has 0 radical (unpaired) electrons. The molecule has 1 N–H and O–H groups in total. The summed E-state index contributed by atoms with van der Waals surface area (Å²) in [6.07, 6.45) is 0. The summed E-state index contributed by atoms with van der Waals surface area (Å²) >= 11 is 0. The van der Waals surface area contributed by atoms with Crippen molar-refractivity contribution in [1.29, 1.82) is 0 Å². The zero-order valence-corrected chi connectivity index (χ0v) is 19.2. The first-order valence-corrected chi connectivity index (χ1v) is 11.1. The SMILES string of the molecule is COc1ccc(OC)c([C@@H]2CN(C(=O)c3ccccc3F)C[C@@H]2C(=O)NCc2ccccc2)c1. The van der Waals surface area contributed by atoms with Gasteiger partial charge in [0.2, 0.25) is 5.91 Å². The number of nitrogens with zero attached hydrogens (tertiary/aromatic N) is 1. The average molecular weight is 463 g/mol. The molecule has 4 rings (SSSR count). The van der Waals surface area contributed by atoms with Crippen LogP contribution in [0, 0.1) is 11.7 Å². The predicted octanol–water partition coefficient (Wildman–Crippen LogP) is 4.02. The fraction of sp³-hybridized carbons (Fsp3) is 0.259. The second kappa shape index (κ2) is 10.4. The number of benzene rings is 3. The van der Waals surface area contributed by atoms with Gasteiger partial charge in [-0.2, -0.15) is 0 Å². The van der Waals surface area contributed by atoms with Crippen LogP contribution >= 0.6 is 0 Å². The van der Waals surface area contributed by atoms with Crippen LogP contribution in [0.5, 0.6) is 11.5 Å². The number of hydrogen-bond donors (Lipinski definition) is 1. The molecule has 7 heteroatoms. The van der Waals surface area contributed by atoms with Crippen molar-refractivity contribution < 1.29 is 23.5 Å². The number of carbonyl (C=O) groups is 2. The van der Waals surface area contributed by atoms with Crippen molar-refractivity contribution in [3.05, 3.63) is 95.3 Å². The summed E-state index contributed by atoms with van der Waals surface area (Å²) in [5.74, 6) is -0.868. The van der Waals surface area contributed by atoms with E-state index in [1.54, 1.807) is 38.5 Å². The molecule has 1 aliphatic heterocycles. The maximum absolute atomic E-state index is 14.3. The molecule has 1 fully saturated rings. The zero-order valence-electron chi connectivity index (χ0n) is 19.2. The van der Waals surface area contributed by atoms with E-state index in [1.165, 1.54) is 17.0 Å². The number of ether oxygens (including phenoxy) is 2. The lowest BCUT2D eigenvalue weighted by molar-refractivity contribution is -0.125. The first-order valence-electron chi connectivity index (χ1n) is 11.1. The Kier molecular flexibility index (Phi) is 7.11. The van der Waals surface area contributed by atoms with Gasteiger partial charge < -0.3 is 19.7 Å². The van der Waals surface area contributed by atoms with Crippen LogP contribution in [0.15, 0.2) is 72.8 Å². The van der Waals surface area contributed by atoms with Crippen LogP contribution < -0.4 is 14.8 Å². The predicted molar refractivity (Wildman–Crippen MR) is 126 cm³/mol. The van der Waals surface area contributed by atoms with Gasteiger partial charge in [-0.15, -0.1) is 0 Å². The smallest absolute Gasteiger partial charge is 0.256 e. The Balaban J connectivity index is 1.64. The van der Waals surface area contributed by atoms with Gasteiger partial charge in [0.15, 0.2) is 0 Å². The zero-order chi connectivity index (χ0) is 24.1. The third-order valence-corrected chi connectivity index (χ3v) is 6.19. The topological polar surface area (TPSA) is 67.9 Å². The Morgan fingerprint density at radius 3 is 2.41 bits per heavy atom. The van der Waals surface area contributed by atoms with Crippen LogP contribution in [0.2, 0.25) is 0 Å². The molecule has 176 valence electrons. The molecule has 0 bridgehead atoms. The number of methoxy groups -OCH3 is 2. The number of likely N-dealkylation sites (tertiary alicyclic amines) is 1. The van der Waals surface area contributed by atoms with Crippen LogP contribution in [0.1, 0.15) is 27.4 Å². The summed E-state index contributed by atoms with van der Waals surface area (Å²) in [4.78, 5) is 28.0. The maximum Gasteiger partial charge on any atom is 0.256 e. The van der Waals surface area contributed by atoms with Crippen LogP contribution in [0.25, 0.3) is 0 Å². The molecule has 0 aliphatic carbocycles. The maximum atomic E-state index is 14.3. The Morgan fingerprint density at radius 2 is 1.71 bits per heavy atom. The lowest BCUT2D eigenvalue weighted by atomic mass is 9.87. The summed E-state index contributed by atoms with van der Waals surface area (Å²) in [6, 6.07) is 20.9. The highest BCUT2D eigenvalue weighted by Crippen LogP contribution is 2.40. The highest BCUT2D eigenvalue weighted by Gasteiger charge is 2.42. The van der Waals surface area contributed by atoms with Crippen LogP contribution in [0.3, 0.4) is 0 Å². The van der Waals surface area contributed by atoms with Gasteiger partial charge in [0, 0.05) is 31.1 Å². The molecular weight excluding hydrogens is 435 g/mol. The Morgan fingerprint density at radius 1 is 0.971 bits per heavy atom. The number of halogens is 1. The van der Waals surface area contributed by atoms with E-state index in [2.05, 4.69) is 5.32 Å². The quantitative estimate of drug-likeness (QED) is 0.576. The summed E-state index contributed by atoms with van der Waals surface area (Å²) in [5, 5.41) is 2.99. The Hall–Kier alpha value is -3.87. The molecule has 0 spiro atoms. The number of carbonyl (C=O) groups excluding carboxylic acids is 2. The van der Waals surface area contributed by atoms with Gasteiger partial charge in [0.1, 0.15) is 17.3 Å². The molecular formula is C27H27FN2O4. The minimum atomic E-state index is -0.583. The molecule has 0 aromatic heterocycles. The standard InChI is InChI=1S/C27H27FN2O4/c1-33-19-12-13-25(34-2)21(14-19)22-16-30(27(32)20-10-6-7-11-24(20)28)17-23(22)26(31)29-15-18-8-4-3-5-9-18/h3-14,22-23H,15-17H2,1-2H3,(H,29,31)/t22-,23-/m0/s1. The molecule has 34 heavy (non-hydrogen) atoms. The first kappa shape index (κ1) is 23.3. The number of amides is 2. The van der Waals surface area contributed by atoms with Gasteiger partial charge in [-0.3, -0.25) is 9.59 Å². The Bertz CT molecular complexity index is 1170. The summed E-state index contributed by atoms with van der Waals surface area (Å²) < 4.78 is 25.3. The molecule has 3 aromatic carbocycles. The highest BCUT2D eigenvalue weighted by atomic mass is 19.1. The highest BCUT2D eigenvalue weighted by molar-refractivity contribution is 5.95. The van der Waals surface area contributed by atoms with Crippen LogP contribution in [0.4, 0.5) is 4.39 Å². The van der Waals surface area contributed by atoms with E-state index >= 15 is 0 Å². The van der Waals surface area contributed by atoms with Gasteiger partial charge in [-0.25, -0.2) is 4.39 Å². The third-order valence-electron chi connectivity index (χ3n) is 6.19. The van der Waals surface area contributed by atoms with Crippen molar-refractivity contribution in [2.45, 2.75) is 12.5 Å². The Labute approximate surface area is 198 Å². The fourth-order valence-corrected chi connectivity index (χ4v) is 4.40. The van der Waals surface area contributed by atoms with Gasteiger partial charge in [-0.1, -0.05) is 42.5 Å². The molecule has 2 atom stereocenters. The lowest BCUT2D eigenvalue weighted by Gasteiger charge is -2.21. The fourth-order valence-electron chi connectivity index (χ4n) is 4.40. The molecule has 1 aliphatic rings. The average Bonchev–Trinajstić information content (AvgIpc) is 3.33. The molecule has 1 heterocycles. The van der Waals surface area contributed by atoms with Gasteiger partial charge in [0.25, 0.3) is 5.91 Å². The minimum absolute atomic E-state index is 0.01000. The van der Waals surface area contributed by atoms with E-state index < -0.39 is 17.6 Å². The molecule has 1 saturated heterocycles. The van der Waals surface area contributed by atoms with E-state index in [0.717, 1.165) is 11.1 Å². The van der Waals surface area contributed by atoms with E-state index in [1.807, 2.05) is 36.4 Å². The molecule has 2 amide bonds. The first-order chi connectivity index (χ1) is 16.5. The normalized spacial score (nSPS) is 17.3. The minimum Gasteiger partial charge on any atom is -0.497 e. The molecule has 0 unspecified atom stereocenters. The van der Waals surface area contributed by atoms with Crippen LogP contribution in [-0.2, 0) is 11.3 Å². The summed E-state index contributed by atoms with van der Waals surface area (Å²) in [5.41, 5.74) is 1.73. The molecule has 0 saturated carbocycles. The number of rotatable bonds is 7. The van der Waals surface area contributed by atoms with Gasteiger partial charge in [-0.05, 0) is 35.9 Å². The van der Waals surface area contributed by atoms with Crippen molar-refractivity contribution >= 4 is 11.8 Å². The van der Waals surface area contributed by atoms with Crippen LogP contribution in [-0.4, -0.2) is 44.0 Å². The summed E-state index contributed by atoms with van der Waals surface area (Å²) in [6.45, 7) is 0.790. The van der Waals surface area contributed by atoms with Crippen molar-refractivity contribution in [3.63, 3.8) is 0 Å². The van der Waals surface area contributed by atoms with Crippen molar-refractivity contribution in [3.8, 4) is 11.5 Å². The van der Waals surface area contributed by atoms with Crippen molar-refractivity contribution in [2.75, 3.05) is 27.3 Å². The number of hydrogen-bond acceptors (Lipinski definition) is 4. The third kappa shape index (κ3) is 4.88. The second-order valence-corrected chi connectivity index (χ2v) is 8.21. The lowest BCUT2D eigenvalue weighted by Crippen LogP contribution is -2.35. The van der Waals surface area contributed by atoms with E-state index in [4.69, 9.17) is 9.47 Å². The second-order valence-electron chi connectivity index (χ2n) is 8.21. The van der Waals surface area contributed by atoms with Crippen molar-refractivity contribution in [1.82, 2.24) is 10.2 Å². The van der Waals surface area contributed by atoms with Gasteiger partial charge >= 0.3 is 0 Å². The monoisotopic (exact) mass is 462 g/mol. The molecule has 6 nitrogen and oxygen atoms in total. The number of nitrogens with one attached hydrogen (secondary N) is 1.